The molecule has 0 radical (unpaired) electrons. The standard InChI is InChI=1S/C12H14ClFN2O/c1-12(2,17-3)6-9-15-8-5-4-7(13)10(14)11(8)16-9/h4-5H,6H2,1-3H3,(H,15,16). The van der Waals surface area contributed by atoms with E-state index in [1.165, 1.54) is 6.07 Å². The highest BCUT2D eigenvalue weighted by Gasteiger charge is 2.20. The Balaban J connectivity index is 2.42. The Morgan fingerprint density at radius 1 is 1.47 bits per heavy atom. The van der Waals surface area contributed by atoms with Crippen LogP contribution in [0.15, 0.2) is 12.1 Å². The number of aromatic nitrogens is 2. The minimum atomic E-state index is -0.484. The van der Waals surface area contributed by atoms with Gasteiger partial charge in [0.2, 0.25) is 0 Å². The summed E-state index contributed by atoms with van der Waals surface area (Å²) in [6.07, 6.45) is 0.579. The molecule has 17 heavy (non-hydrogen) atoms. The maximum absolute atomic E-state index is 13.7. The van der Waals surface area contributed by atoms with E-state index in [4.69, 9.17) is 16.3 Å². The Bertz CT molecular complexity index is 551. The molecule has 5 heteroatoms. The predicted octanol–water partition coefficient (Wildman–Crippen LogP) is 3.32. The van der Waals surface area contributed by atoms with Crippen molar-refractivity contribution in [3.05, 3.63) is 28.8 Å². The van der Waals surface area contributed by atoms with E-state index in [-0.39, 0.29) is 16.1 Å². The topological polar surface area (TPSA) is 37.9 Å². The molecule has 92 valence electrons. The van der Waals surface area contributed by atoms with Crippen LogP contribution in [0.3, 0.4) is 0 Å². The lowest BCUT2D eigenvalue weighted by molar-refractivity contribution is 0.0218. The molecule has 0 amide bonds. The first-order chi connectivity index (χ1) is 7.93. The van der Waals surface area contributed by atoms with Gasteiger partial charge in [-0.15, -0.1) is 0 Å². The summed E-state index contributed by atoms with van der Waals surface area (Å²) in [7, 11) is 1.64. The van der Waals surface area contributed by atoms with E-state index < -0.39 is 5.82 Å². The SMILES string of the molecule is COC(C)(C)Cc1nc2c(F)c(Cl)ccc2[nH]1. The number of fused-ring (bicyclic) bond motifs is 1. The molecule has 2 aromatic rings. The number of halogens is 2. The van der Waals surface area contributed by atoms with Gasteiger partial charge >= 0.3 is 0 Å². The Labute approximate surface area is 104 Å². The molecule has 1 aromatic heterocycles. The molecule has 0 aliphatic carbocycles. The van der Waals surface area contributed by atoms with E-state index in [0.29, 0.717) is 17.8 Å². The van der Waals surface area contributed by atoms with Gasteiger partial charge in [-0.2, -0.15) is 0 Å². The number of benzene rings is 1. The van der Waals surface area contributed by atoms with Crippen LogP contribution in [0.25, 0.3) is 11.0 Å². The Morgan fingerprint density at radius 3 is 2.82 bits per heavy atom. The number of imidazole rings is 1. The van der Waals surface area contributed by atoms with Gasteiger partial charge in [-0.3, -0.25) is 0 Å². The van der Waals surface area contributed by atoms with Gasteiger partial charge in [0, 0.05) is 13.5 Å². The zero-order valence-electron chi connectivity index (χ0n) is 9.97. The summed E-state index contributed by atoms with van der Waals surface area (Å²) in [4.78, 5) is 7.28. The highest BCUT2D eigenvalue weighted by Crippen LogP contribution is 2.24. The van der Waals surface area contributed by atoms with E-state index in [9.17, 15) is 4.39 Å². The van der Waals surface area contributed by atoms with Gasteiger partial charge in [-0.1, -0.05) is 11.6 Å². The fraction of sp³-hybridized carbons (Fsp3) is 0.417. The van der Waals surface area contributed by atoms with E-state index in [0.717, 1.165) is 0 Å². The number of ether oxygens (including phenoxy) is 1. The van der Waals surface area contributed by atoms with Crippen molar-refractivity contribution in [1.29, 1.82) is 0 Å². The molecule has 0 spiro atoms. The maximum Gasteiger partial charge on any atom is 0.169 e. The summed E-state index contributed by atoms with van der Waals surface area (Å²) < 4.78 is 19.0. The molecule has 0 unspecified atom stereocenters. The van der Waals surface area contributed by atoms with Crippen molar-refractivity contribution in [2.24, 2.45) is 0 Å². The van der Waals surface area contributed by atoms with Crippen molar-refractivity contribution >= 4 is 22.6 Å². The zero-order valence-corrected chi connectivity index (χ0v) is 10.7. The van der Waals surface area contributed by atoms with Gasteiger partial charge in [0.05, 0.1) is 16.1 Å². The molecule has 0 atom stereocenters. The third-order valence-corrected chi connectivity index (χ3v) is 3.03. The number of hydrogen-bond donors (Lipinski definition) is 1. The van der Waals surface area contributed by atoms with E-state index in [1.807, 2.05) is 13.8 Å². The summed E-state index contributed by atoms with van der Waals surface area (Å²) in [5.41, 5.74) is 0.585. The van der Waals surface area contributed by atoms with Crippen LogP contribution in [0.2, 0.25) is 5.02 Å². The summed E-state index contributed by atoms with van der Waals surface area (Å²) in [5, 5.41) is 0.0848. The van der Waals surface area contributed by atoms with Crippen molar-refractivity contribution in [3.8, 4) is 0 Å². The second kappa shape index (κ2) is 4.27. The van der Waals surface area contributed by atoms with Crippen molar-refractivity contribution < 1.29 is 9.13 Å². The van der Waals surface area contributed by atoms with E-state index in [2.05, 4.69) is 9.97 Å². The minimum Gasteiger partial charge on any atom is -0.378 e. The van der Waals surface area contributed by atoms with Crippen LogP contribution in [0.5, 0.6) is 0 Å². The van der Waals surface area contributed by atoms with Gasteiger partial charge < -0.3 is 9.72 Å². The molecule has 0 aliphatic rings. The van der Waals surface area contributed by atoms with Crippen molar-refractivity contribution in [2.75, 3.05) is 7.11 Å². The zero-order chi connectivity index (χ0) is 12.6. The van der Waals surface area contributed by atoms with Crippen molar-refractivity contribution in [3.63, 3.8) is 0 Å². The molecule has 0 fully saturated rings. The maximum atomic E-state index is 13.7. The van der Waals surface area contributed by atoms with Crippen LogP contribution in [0.1, 0.15) is 19.7 Å². The first-order valence-corrected chi connectivity index (χ1v) is 5.68. The average Bonchev–Trinajstić information content (AvgIpc) is 2.66. The molecule has 1 aromatic carbocycles. The van der Waals surface area contributed by atoms with Crippen LogP contribution in [0.4, 0.5) is 4.39 Å². The molecular formula is C12H14ClFN2O. The van der Waals surface area contributed by atoms with Gasteiger partial charge in [-0.25, -0.2) is 9.37 Å². The molecule has 0 aliphatic heterocycles. The monoisotopic (exact) mass is 256 g/mol. The molecule has 0 bridgehead atoms. The van der Waals surface area contributed by atoms with Crippen LogP contribution in [0, 0.1) is 5.82 Å². The smallest absolute Gasteiger partial charge is 0.169 e. The van der Waals surface area contributed by atoms with Crippen LogP contribution in [-0.4, -0.2) is 22.7 Å². The first-order valence-electron chi connectivity index (χ1n) is 5.31. The highest BCUT2D eigenvalue weighted by molar-refractivity contribution is 6.31. The number of nitrogens with one attached hydrogen (secondary N) is 1. The van der Waals surface area contributed by atoms with E-state index >= 15 is 0 Å². The van der Waals surface area contributed by atoms with Gasteiger partial charge in [-0.05, 0) is 26.0 Å². The Hall–Kier alpha value is -1.13. The third-order valence-electron chi connectivity index (χ3n) is 2.74. The van der Waals surface area contributed by atoms with Crippen molar-refractivity contribution in [1.82, 2.24) is 9.97 Å². The second-order valence-corrected chi connectivity index (χ2v) is 4.99. The van der Waals surface area contributed by atoms with Gasteiger partial charge in [0.15, 0.2) is 5.82 Å². The quantitative estimate of drug-likeness (QED) is 0.915. The normalized spacial score (nSPS) is 12.3. The van der Waals surface area contributed by atoms with Crippen LogP contribution in [-0.2, 0) is 11.2 Å². The highest BCUT2D eigenvalue weighted by atomic mass is 35.5. The number of aromatic amines is 1. The van der Waals surface area contributed by atoms with Crippen LogP contribution < -0.4 is 0 Å². The third kappa shape index (κ3) is 2.42. The molecule has 1 N–H and O–H groups in total. The molecule has 3 nitrogen and oxygen atoms in total. The van der Waals surface area contributed by atoms with E-state index in [1.54, 1.807) is 13.2 Å². The number of rotatable bonds is 3. The lowest BCUT2D eigenvalue weighted by atomic mass is 10.1. The summed E-state index contributed by atoms with van der Waals surface area (Å²) >= 11 is 5.70. The van der Waals surface area contributed by atoms with Crippen LogP contribution >= 0.6 is 11.6 Å². The fourth-order valence-electron chi connectivity index (χ4n) is 1.63. The lowest BCUT2D eigenvalue weighted by Gasteiger charge is -2.21. The Morgan fingerprint density at radius 2 is 2.18 bits per heavy atom. The largest absolute Gasteiger partial charge is 0.378 e. The minimum absolute atomic E-state index is 0.0848. The predicted molar refractivity (Wildman–Crippen MR) is 65.9 cm³/mol. The van der Waals surface area contributed by atoms with Gasteiger partial charge in [0.1, 0.15) is 11.3 Å². The van der Waals surface area contributed by atoms with Crippen molar-refractivity contribution in [2.45, 2.75) is 25.9 Å². The second-order valence-electron chi connectivity index (χ2n) is 4.58. The fourth-order valence-corrected chi connectivity index (χ4v) is 1.78. The number of H-pyrrole nitrogens is 1. The average molecular weight is 257 g/mol. The molecule has 0 saturated heterocycles. The van der Waals surface area contributed by atoms with Gasteiger partial charge in [0.25, 0.3) is 0 Å². The molecule has 0 saturated carbocycles. The lowest BCUT2D eigenvalue weighted by Crippen LogP contribution is -2.26. The Kier molecular flexibility index (Phi) is 3.10. The first kappa shape index (κ1) is 12.3. The summed E-state index contributed by atoms with van der Waals surface area (Å²) in [5.74, 6) is 0.204. The number of methoxy groups -OCH3 is 1. The molecular weight excluding hydrogens is 243 g/mol. The molecule has 1 heterocycles. The summed E-state index contributed by atoms with van der Waals surface area (Å²) in [6, 6.07) is 3.24. The number of nitrogens with zero attached hydrogens (tertiary/aromatic N) is 1. The number of hydrogen-bond acceptors (Lipinski definition) is 2. The summed E-state index contributed by atoms with van der Waals surface area (Å²) in [6.45, 7) is 3.90. The molecule has 2 rings (SSSR count).